The molecule has 0 saturated heterocycles. The lowest BCUT2D eigenvalue weighted by Gasteiger charge is -2.16. The maximum absolute atomic E-state index is 12.2. The average molecular weight is 370 g/mol. The number of nitrogens with zero attached hydrogens (tertiary/aromatic N) is 1. The number of nitrogens with one attached hydrogen (secondary N) is 1. The maximum Gasteiger partial charge on any atom is 0.338 e. The highest BCUT2D eigenvalue weighted by Gasteiger charge is 2.17. The Hall–Kier alpha value is -3.22. The van der Waals surface area contributed by atoms with Gasteiger partial charge in [0, 0.05) is 17.3 Å². The van der Waals surface area contributed by atoms with Crippen LogP contribution in [0.1, 0.15) is 46.8 Å². The molecule has 0 aliphatic carbocycles. The van der Waals surface area contributed by atoms with Gasteiger partial charge in [-0.3, -0.25) is 14.9 Å². The second kappa shape index (κ2) is 8.44. The summed E-state index contributed by atoms with van der Waals surface area (Å²) >= 11 is 0. The molecule has 7 nitrogen and oxygen atoms in total. The molecule has 0 radical (unpaired) electrons. The van der Waals surface area contributed by atoms with E-state index in [9.17, 15) is 19.7 Å². The van der Waals surface area contributed by atoms with Crippen LogP contribution in [0.5, 0.6) is 0 Å². The molecular formula is C20H22N2O5. The molecule has 142 valence electrons. The standard InChI is InChI=1S/C20H22N2O5/c1-12(2)16-7-5-6-13(3)19(16)21-18(23)11-27-20(24)15-8-9-17(22(25)26)14(4)10-15/h5-10,12H,11H2,1-4H3,(H,21,23). The van der Waals surface area contributed by atoms with Gasteiger partial charge in [-0.05, 0) is 43.0 Å². The molecule has 27 heavy (non-hydrogen) atoms. The van der Waals surface area contributed by atoms with Gasteiger partial charge < -0.3 is 10.1 Å². The monoisotopic (exact) mass is 370 g/mol. The van der Waals surface area contributed by atoms with Gasteiger partial charge in [-0.1, -0.05) is 32.0 Å². The number of aryl methyl sites for hydroxylation is 2. The molecule has 0 unspecified atom stereocenters. The number of nitro groups is 1. The third-order valence-electron chi connectivity index (χ3n) is 4.15. The van der Waals surface area contributed by atoms with Crippen LogP contribution in [0.2, 0.25) is 0 Å². The zero-order valence-electron chi connectivity index (χ0n) is 15.7. The number of hydrogen-bond acceptors (Lipinski definition) is 5. The Labute approximate surface area is 157 Å². The van der Waals surface area contributed by atoms with Gasteiger partial charge in [0.2, 0.25) is 0 Å². The number of para-hydroxylation sites is 1. The fraction of sp³-hybridized carbons (Fsp3) is 0.300. The summed E-state index contributed by atoms with van der Waals surface area (Å²) in [5.74, 6) is -0.930. The fourth-order valence-corrected chi connectivity index (χ4v) is 2.72. The Bertz CT molecular complexity index is 890. The van der Waals surface area contributed by atoms with Crippen molar-refractivity contribution < 1.29 is 19.2 Å². The first-order valence-corrected chi connectivity index (χ1v) is 8.52. The molecule has 1 N–H and O–H groups in total. The van der Waals surface area contributed by atoms with Crippen LogP contribution < -0.4 is 5.32 Å². The number of nitro benzene ring substituents is 1. The minimum absolute atomic E-state index is 0.0786. The normalized spacial score (nSPS) is 10.6. The number of anilines is 1. The van der Waals surface area contributed by atoms with E-state index >= 15 is 0 Å². The minimum Gasteiger partial charge on any atom is -0.452 e. The summed E-state index contributed by atoms with van der Waals surface area (Å²) < 4.78 is 5.04. The first kappa shape index (κ1) is 20.1. The van der Waals surface area contributed by atoms with Crippen molar-refractivity contribution in [2.45, 2.75) is 33.6 Å². The zero-order chi connectivity index (χ0) is 20.1. The molecule has 2 aromatic rings. The van der Waals surface area contributed by atoms with E-state index in [1.54, 1.807) is 0 Å². The van der Waals surface area contributed by atoms with E-state index in [0.29, 0.717) is 5.56 Å². The molecule has 0 fully saturated rings. The van der Waals surface area contributed by atoms with Gasteiger partial charge in [0.25, 0.3) is 11.6 Å². The quantitative estimate of drug-likeness (QED) is 0.468. The predicted molar refractivity (Wildman–Crippen MR) is 102 cm³/mol. The van der Waals surface area contributed by atoms with E-state index in [-0.39, 0.29) is 17.2 Å². The second-order valence-corrected chi connectivity index (χ2v) is 6.58. The average Bonchev–Trinajstić information content (AvgIpc) is 2.60. The van der Waals surface area contributed by atoms with Crippen molar-refractivity contribution in [3.05, 3.63) is 68.8 Å². The van der Waals surface area contributed by atoms with E-state index in [1.165, 1.54) is 25.1 Å². The smallest absolute Gasteiger partial charge is 0.338 e. The number of ether oxygens (including phenoxy) is 1. The number of carbonyl (C=O) groups excluding carboxylic acids is 2. The van der Waals surface area contributed by atoms with Crippen LogP contribution in [0.15, 0.2) is 36.4 Å². The van der Waals surface area contributed by atoms with Crippen LogP contribution in [-0.4, -0.2) is 23.4 Å². The molecule has 0 aromatic heterocycles. The molecule has 0 atom stereocenters. The fourth-order valence-electron chi connectivity index (χ4n) is 2.72. The van der Waals surface area contributed by atoms with Gasteiger partial charge in [0.1, 0.15) is 0 Å². The molecule has 2 rings (SSSR count). The Morgan fingerprint density at radius 3 is 2.44 bits per heavy atom. The van der Waals surface area contributed by atoms with E-state index in [1.807, 2.05) is 39.0 Å². The summed E-state index contributed by atoms with van der Waals surface area (Å²) in [4.78, 5) is 34.6. The maximum atomic E-state index is 12.2. The number of rotatable bonds is 6. The van der Waals surface area contributed by atoms with E-state index in [2.05, 4.69) is 5.32 Å². The van der Waals surface area contributed by atoms with Gasteiger partial charge >= 0.3 is 5.97 Å². The SMILES string of the molecule is Cc1cc(C(=O)OCC(=O)Nc2c(C)cccc2C(C)C)ccc1[N+](=O)[O-]. The number of esters is 1. The molecule has 0 aliphatic rings. The first-order valence-electron chi connectivity index (χ1n) is 8.52. The van der Waals surface area contributed by atoms with E-state index in [4.69, 9.17) is 4.74 Å². The van der Waals surface area contributed by atoms with Crippen molar-refractivity contribution >= 4 is 23.3 Å². The first-order chi connectivity index (χ1) is 12.7. The largest absolute Gasteiger partial charge is 0.452 e. The molecule has 1 amide bonds. The number of carbonyl (C=O) groups is 2. The molecule has 0 saturated carbocycles. The molecule has 0 heterocycles. The lowest BCUT2D eigenvalue weighted by Crippen LogP contribution is -2.22. The zero-order valence-corrected chi connectivity index (χ0v) is 15.7. The Kier molecular flexibility index (Phi) is 6.28. The third-order valence-corrected chi connectivity index (χ3v) is 4.15. The Morgan fingerprint density at radius 1 is 1.15 bits per heavy atom. The van der Waals surface area contributed by atoms with Crippen LogP contribution >= 0.6 is 0 Å². The second-order valence-electron chi connectivity index (χ2n) is 6.58. The molecule has 0 spiro atoms. The number of hydrogen-bond donors (Lipinski definition) is 1. The Balaban J connectivity index is 2.03. The van der Waals surface area contributed by atoms with Crippen molar-refractivity contribution in [3.63, 3.8) is 0 Å². The highest BCUT2D eigenvalue weighted by molar-refractivity contribution is 5.96. The van der Waals surface area contributed by atoms with Crippen molar-refractivity contribution in [2.24, 2.45) is 0 Å². The molecule has 7 heteroatoms. The summed E-state index contributed by atoms with van der Waals surface area (Å²) in [6.07, 6.45) is 0. The van der Waals surface area contributed by atoms with Crippen molar-refractivity contribution in [1.82, 2.24) is 0 Å². The third kappa shape index (κ3) is 4.91. The lowest BCUT2D eigenvalue weighted by molar-refractivity contribution is -0.385. The van der Waals surface area contributed by atoms with Crippen LogP contribution in [0.4, 0.5) is 11.4 Å². The molecular weight excluding hydrogens is 348 g/mol. The molecule has 0 bridgehead atoms. The summed E-state index contributed by atoms with van der Waals surface area (Å²) in [6.45, 7) is 7.05. The highest BCUT2D eigenvalue weighted by Crippen LogP contribution is 2.27. The van der Waals surface area contributed by atoms with E-state index in [0.717, 1.165) is 16.8 Å². The van der Waals surface area contributed by atoms with Gasteiger partial charge in [-0.25, -0.2) is 4.79 Å². The van der Waals surface area contributed by atoms with E-state index < -0.39 is 23.4 Å². The molecule has 2 aromatic carbocycles. The summed E-state index contributed by atoms with van der Waals surface area (Å²) in [6, 6.07) is 9.69. The van der Waals surface area contributed by atoms with Crippen LogP contribution in [-0.2, 0) is 9.53 Å². The van der Waals surface area contributed by atoms with Crippen molar-refractivity contribution in [2.75, 3.05) is 11.9 Å². The van der Waals surface area contributed by atoms with Gasteiger partial charge in [0.05, 0.1) is 10.5 Å². The number of benzene rings is 2. The van der Waals surface area contributed by atoms with Crippen LogP contribution in [0.3, 0.4) is 0 Å². The Morgan fingerprint density at radius 2 is 1.85 bits per heavy atom. The summed E-state index contributed by atoms with van der Waals surface area (Å²) in [5, 5.41) is 13.6. The van der Waals surface area contributed by atoms with Gasteiger partial charge in [0.15, 0.2) is 6.61 Å². The predicted octanol–water partition coefficient (Wildman–Crippen LogP) is 4.13. The van der Waals surface area contributed by atoms with Gasteiger partial charge in [-0.15, -0.1) is 0 Å². The van der Waals surface area contributed by atoms with Gasteiger partial charge in [-0.2, -0.15) is 0 Å². The van der Waals surface area contributed by atoms with Crippen molar-refractivity contribution in [1.29, 1.82) is 0 Å². The number of amides is 1. The van der Waals surface area contributed by atoms with Crippen LogP contribution in [0, 0.1) is 24.0 Å². The highest BCUT2D eigenvalue weighted by atomic mass is 16.6. The summed E-state index contributed by atoms with van der Waals surface area (Å²) in [5.41, 5.74) is 3.07. The van der Waals surface area contributed by atoms with Crippen LogP contribution in [0.25, 0.3) is 0 Å². The van der Waals surface area contributed by atoms with Crippen molar-refractivity contribution in [3.8, 4) is 0 Å². The molecule has 0 aliphatic heterocycles. The minimum atomic E-state index is -0.711. The lowest BCUT2D eigenvalue weighted by atomic mass is 9.98. The topological polar surface area (TPSA) is 98.5 Å². The summed E-state index contributed by atoms with van der Waals surface area (Å²) in [7, 11) is 0.